The van der Waals surface area contributed by atoms with Crippen LogP contribution in [0.15, 0.2) is 36.7 Å². The first kappa shape index (κ1) is 13.0. The average molecular weight is 265 g/mol. The molecule has 0 aliphatic heterocycles. The van der Waals surface area contributed by atoms with Crippen molar-refractivity contribution in [2.24, 2.45) is 5.73 Å². The maximum absolute atomic E-state index is 13.8. The van der Waals surface area contributed by atoms with E-state index < -0.39 is 5.82 Å². The van der Waals surface area contributed by atoms with Gasteiger partial charge in [-0.1, -0.05) is 29.8 Å². The molecule has 1 unspecified atom stereocenters. The third kappa shape index (κ3) is 2.86. The summed E-state index contributed by atoms with van der Waals surface area (Å²) in [5.74, 6) is -0.393. The molecule has 94 valence electrons. The highest BCUT2D eigenvalue weighted by atomic mass is 35.5. The second-order valence-electron chi connectivity index (χ2n) is 4.32. The van der Waals surface area contributed by atoms with E-state index >= 15 is 0 Å². The Hall–Kier alpha value is -1.45. The molecule has 4 heteroatoms. The van der Waals surface area contributed by atoms with Gasteiger partial charge in [-0.25, -0.2) is 4.39 Å². The van der Waals surface area contributed by atoms with Crippen LogP contribution in [0.1, 0.15) is 22.7 Å². The molecule has 1 aromatic carbocycles. The molecule has 0 spiro atoms. The Morgan fingerprint density at radius 2 is 2.17 bits per heavy atom. The first-order valence-corrected chi connectivity index (χ1v) is 6.05. The van der Waals surface area contributed by atoms with Crippen molar-refractivity contribution in [2.45, 2.75) is 19.4 Å². The molecule has 1 atom stereocenters. The minimum atomic E-state index is -0.393. The number of benzene rings is 1. The van der Waals surface area contributed by atoms with Crippen molar-refractivity contribution in [3.05, 3.63) is 64.2 Å². The molecule has 18 heavy (non-hydrogen) atoms. The van der Waals surface area contributed by atoms with Gasteiger partial charge in [0.25, 0.3) is 0 Å². The van der Waals surface area contributed by atoms with Crippen LogP contribution in [0.4, 0.5) is 4.39 Å². The van der Waals surface area contributed by atoms with Crippen molar-refractivity contribution < 1.29 is 4.39 Å². The van der Waals surface area contributed by atoms with Crippen LogP contribution in [0.25, 0.3) is 0 Å². The monoisotopic (exact) mass is 264 g/mol. The van der Waals surface area contributed by atoms with Crippen LogP contribution in [0.2, 0.25) is 5.02 Å². The van der Waals surface area contributed by atoms with Gasteiger partial charge in [0.1, 0.15) is 5.82 Å². The van der Waals surface area contributed by atoms with E-state index in [0.717, 1.165) is 11.1 Å². The van der Waals surface area contributed by atoms with Gasteiger partial charge in [0, 0.05) is 18.4 Å². The fourth-order valence-electron chi connectivity index (χ4n) is 1.84. The van der Waals surface area contributed by atoms with Crippen LogP contribution in [0.5, 0.6) is 0 Å². The van der Waals surface area contributed by atoms with Crippen molar-refractivity contribution in [3.8, 4) is 0 Å². The summed E-state index contributed by atoms with van der Waals surface area (Å²) in [6.07, 6.45) is 3.87. The van der Waals surface area contributed by atoms with Crippen LogP contribution in [0, 0.1) is 12.7 Å². The van der Waals surface area contributed by atoms with Gasteiger partial charge < -0.3 is 5.73 Å². The van der Waals surface area contributed by atoms with Crippen molar-refractivity contribution in [1.82, 2.24) is 4.98 Å². The van der Waals surface area contributed by atoms with E-state index in [-0.39, 0.29) is 11.1 Å². The lowest BCUT2D eigenvalue weighted by Crippen LogP contribution is -2.14. The lowest BCUT2D eigenvalue weighted by atomic mass is 10.00. The highest BCUT2D eigenvalue weighted by Crippen LogP contribution is 2.22. The largest absolute Gasteiger partial charge is 0.324 e. The summed E-state index contributed by atoms with van der Waals surface area (Å²) in [6, 6.07) is 6.62. The first-order chi connectivity index (χ1) is 8.58. The molecule has 0 saturated carbocycles. The molecule has 0 saturated heterocycles. The van der Waals surface area contributed by atoms with Gasteiger partial charge in [-0.3, -0.25) is 4.98 Å². The zero-order valence-corrected chi connectivity index (χ0v) is 10.8. The van der Waals surface area contributed by atoms with Gasteiger partial charge in [-0.15, -0.1) is 0 Å². The summed E-state index contributed by atoms with van der Waals surface area (Å²) in [5, 5.41) is 0.127. The summed E-state index contributed by atoms with van der Waals surface area (Å²) >= 11 is 5.74. The first-order valence-electron chi connectivity index (χ1n) is 5.68. The van der Waals surface area contributed by atoms with E-state index in [4.69, 9.17) is 17.3 Å². The predicted molar refractivity (Wildman–Crippen MR) is 71.0 cm³/mol. The molecule has 1 heterocycles. The van der Waals surface area contributed by atoms with Crippen molar-refractivity contribution in [1.29, 1.82) is 0 Å². The van der Waals surface area contributed by atoms with Gasteiger partial charge in [0.05, 0.1) is 5.02 Å². The van der Waals surface area contributed by atoms with Crippen LogP contribution >= 0.6 is 11.6 Å². The van der Waals surface area contributed by atoms with Gasteiger partial charge >= 0.3 is 0 Å². The standard InChI is InChI=1S/C14H14ClFN2/c1-9-5-11(8-18-7-9)13(17)6-10-3-2-4-12(15)14(10)16/h2-5,7-8,13H,6,17H2,1H3. The third-order valence-electron chi connectivity index (χ3n) is 2.80. The molecule has 2 aromatic rings. The number of rotatable bonds is 3. The quantitative estimate of drug-likeness (QED) is 0.923. The Morgan fingerprint density at radius 1 is 1.39 bits per heavy atom. The van der Waals surface area contributed by atoms with E-state index in [1.165, 1.54) is 6.07 Å². The predicted octanol–water partition coefficient (Wildman–Crippen LogP) is 3.43. The molecule has 0 aliphatic carbocycles. The highest BCUT2D eigenvalue weighted by Gasteiger charge is 2.12. The Kier molecular flexibility index (Phi) is 3.94. The Labute approximate surface area is 111 Å². The average Bonchev–Trinajstić information content (AvgIpc) is 2.35. The Balaban J connectivity index is 2.21. The Bertz CT molecular complexity index is 557. The topological polar surface area (TPSA) is 38.9 Å². The molecular weight excluding hydrogens is 251 g/mol. The van der Waals surface area contributed by atoms with Gasteiger partial charge in [-0.05, 0) is 36.1 Å². The van der Waals surface area contributed by atoms with Crippen molar-refractivity contribution >= 4 is 11.6 Å². The smallest absolute Gasteiger partial charge is 0.145 e. The number of nitrogens with two attached hydrogens (primary N) is 1. The van der Waals surface area contributed by atoms with E-state index in [1.807, 2.05) is 13.0 Å². The number of aryl methyl sites for hydroxylation is 1. The molecular formula is C14H14ClFN2. The number of pyridine rings is 1. The number of hydrogen-bond donors (Lipinski definition) is 1. The van der Waals surface area contributed by atoms with E-state index in [2.05, 4.69) is 4.98 Å². The zero-order chi connectivity index (χ0) is 13.1. The normalized spacial score (nSPS) is 12.4. The maximum Gasteiger partial charge on any atom is 0.145 e. The van der Waals surface area contributed by atoms with Crippen LogP contribution in [-0.2, 0) is 6.42 Å². The van der Waals surface area contributed by atoms with Crippen molar-refractivity contribution in [2.75, 3.05) is 0 Å². The molecule has 2 N–H and O–H groups in total. The van der Waals surface area contributed by atoms with Crippen LogP contribution < -0.4 is 5.73 Å². The number of halogens is 2. The molecule has 0 aliphatic rings. The van der Waals surface area contributed by atoms with Crippen LogP contribution in [-0.4, -0.2) is 4.98 Å². The van der Waals surface area contributed by atoms with Gasteiger partial charge in [0.2, 0.25) is 0 Å². The van der Waals surface area contributed by atoms with Crippen LogP contribution in [0.3, 0.4) is 0 Å². The summed E-state index contributed by atoms with van der Waals surface area (Å²) < 4.78 is 13.8. The summed E-state index contributed by atoms with van der Waals surface area (Å²) in [7, 11) is 0. The zero-order valence-electron chi connectivity index (χ0n) is 10.0. The summed E-state index contributed by atoms with van der Waals surface area (Å²) in [4.78, 5) is 4.09. The van der Waals surface area contributed by atoms with E-state index in [0.29, 0.717) is 12.0 Å². The molecule has 0 fully saturated rings. The van der Waals surface area contributed by atoms with E-state index in [1.54, 1.807) is 24.5 Å². The molecule has 0 amide bonds. The maximum atomic E-state index is 13.8. The van der Waals surface area contributed by atoms with Gasteiger partial charge in [0.15, 0.2) is 0 Å². The van der Waals surface area contributed by atoms with Gasteiger partial charge in [-0.2, -0.15) is 0 Å². The second kappa shape index (κ2) is 5.46. The fraction of sp³-hybridized carbons (Fsp3) is 0.214. The highest BCUT2D eigenvalue weighted by molar-refractivity contribution is 6.30. The molecule has 1 aromatic heterocycles. The summed E-state index contributed by atoms with van der Waals surface area (Å²) in [6.45, 7) is 1.95. The third-order valence-corrected chi connectivity index (χ3v) is 3.09. The minimum Gasteiger partial charge on any atom is -0.324 e. The number of nitrogens with zero attached hydrogens (tertiary/aromatic N) is 1. The molecule has 2 rings (SSSR count). The van der Waals surface area contributed by atoms with E-state index in [9.17, 15) is 4.39 Å². The molecule has 0 radical (unpaired) electrons. The number of aromatic nitrogens is 1. The molecule has 0 bridgehead atoms. The van der Waals surface area contributed by atoms with Crippen molar-refractivity contribution in [3.63, 3.8) is 0 Å². The SMILES string of the molecule is Cc1cncc(C(N)Cc2cccc(Cl)c2F)c1. The fourth-order valence-corrected chi connectivity index (χ4v) is 2.04. The molecule has 2 nitrogen and oxygen atoms in total. The summed E-state index contributed by atoms with van der Waals surface area (Å²) in [5.41, 5.74) is 8.52. The minimum absolute atomic E-state index is 0.127. The lowest BCUT2D eigenvalue weighted by molar-refractivity contribution is 0.593. The second-order valence-corrected chi connectivity index (χ2v) is 4.73. The lowest BCUT2D eigenvalue weighted by Gasteiger charge is -2.13. The Morgan fingerprint density at radius 3 is 2.89 bits per heavy atom. The number of hydrogen-bond acceptors (Lipinski definition) is 2.